The molecule has 0 bridgehead atoms. The van der Waals surface area contributed by atoms with Crippen LogP contribution in [0.25, 0.3) is 0 Å². The van der Waals surface area contributed by atoms with E-state index in [4.69, 9.17) is 0 Å². The monoisotopic (exact) mass is 353 g/mol. The van der Waals surface area contributed by atoms with Crippen molar-refractivity contribution in [2.45, 2.75) is 32.1 Å². The van der Waals surface area contributed by atoms with Crippen LogP contribution in [0.2, 0.25) is 0 Å². The average Bonchev–Trinajstić information content (AvgIpc) is 3.40. The Morgan fingerprint density at radius 1 is 1.35 bits per heavy atom. The number of nitrogens with one attached hydrogen (secondary N) is 1. The fraction of sp³-hybridized carbons (Fsp3) is 0.350. The smallest absolute Gasteiger partial charge is 0.258 e. The molecule has 2 amide bonds. The van der Waals surface area contributed by atoms with Gasteiger partial charge in [0.2, 0.25) is 5.91 Å². The van der Waals surface area contributed by atoms with Crippen molar-refractivity contribution in [1.29, 1.82) is 0 Å². The topological polar surface area (TPSA) is 62.3 Å². The second-order valence-electron chi connectivity index (χ2n) is 7.53. The fourth-order valence-corrected chi connectivity index (χ4v) is 3.42. The summed E-state index contributed by atoms with van der Waals surface area (Å²) in [6.45, 7) is 4.56. The van der Waals surface area contributed by atoms with Gasteiger partial charge in [0.15, 0.2) is 5.82 Å². The molecule has 2 aromatic rings. The van der Waals surface area contributed by atoms with E-state index in [9.17, 15) is 14.0 Å². The molecule has 5 nitrogen and oxygen atoms in total. The molecule has 26 heavy (non-hydrogen) atoms. The van der Waals surface area contributed by atoms with Crippen LogP contribution < -0.4 is 10.2 Å². The minimum atomic E-state index is -0.669. The van der Waals surface area contributed by atoms with Gasteiger partial charge in [-0.2, -0.15) is 0 Å². The maximum atomic E-state index is 13.8. The lowest BCUT2D eigenvalue weighted by Crippen LogP contribution is -2.37. The highest BCUT2D eigenvalue weighted by molar-refractivity contribution is 6.09. The van der Waals surface area contributed by atoms with Crippen molar-refractivity contribution in [3.63, 3.8) is 0 Å². The van der Waals surface area contributed by atoms with Crippen LogP contribution in [-0.4, -0.2) is 23.3 Å². The number of rotatable bonds is 4. The number of benzene rings is 1. The highest BCUT2D eigenvalue weighted by Crippen LogP contribution is 2.44. The van der Waals surface area contributed by atoms with Gasteiger partial charge in [-0.1, -0.05) is 6.07 Å². The van der Waals surface area contributed by atoms with Crippen molar-refractivity contribution in [3.8, 4) is 0 Å². The van der Waals surface area contributed by atoms with E-state index in [0.717, 1.165) is 30.3 Å². The van der Waals surface area contributed by atoms with Crippen LogP contribution in [-0.2, 0) is 10.2 Å². The summed E-state index contributed by atoms with van der Waals surface area (Å²) < 4.78 is 13.8. The van der Waals surface area contributed by atoms with E-state index in [0.29, 0.717) is 18.2 Å². The molecule has 0 radical (unpaired) electrons. The van der Waals surface area contributed by atoms with Crippen molar-refractivity contribution in [1.82, 2.24) is 4.98 Å². The first kappa shape index (κ1) is 16.7. The van der Waals surface area contributed by atoms with Gasteiger partial charge in [0.25, 0.3) is 5.91 Å². The van der Waals surface area contributed by atoms with Gasteiger partial charge in [-0.05, 0) is 56.4 Å². The predicted octanol–water partition coefficient (Wildman–Crippen LogP) is 3.51. The van der Waals surface area contributed by atoms with Crippen molar-refractivity contribution in [3.05, 3.63) is 53.6 Å². The summed E-state index contributed by atoms with van der Waals surface area (Å²) in [6, 6.07) is 6.77. The number of carbonyl (C=O) groups excluding carboxylic acids is 2. The Morgan fingerprint density at radius 2 is 2.12 bits per heavy atom. The number of amides is 2. The van der Waals surface area contributed by atoms with Gasteiger partial charge in [-0.15, -0.1) is 0 Å². The van der Waals surface area contributed by atoms with Gasteiger partial charge in [0.05, 0.1) is 17.2 Å². The second-order valence-corrected chi connectivity index (χ2v) is 7.53. The van der Waals surface area contributed by atoms with Crippen LogP contribution in [0.5, 0.6) is 0 Å². The first-order valence-corrected chi connectivity index (χ1v) is 8.75. The Bertz CT molecular complexity index is 906. The van der Waals surface area contributed by atoms with Gasteiger partial charge >= 0.3 is 0 Å². The molecule has 1 saturated carbocycles. The highest BCUT2D eigenvalue weighted by atomic mass is 19.1. The average molecular weight is 353 g/mol. The van der Waals surface area contributed by atoms with Gasteiger partial charge in [0.1, 0.15) is 0 Å². The lowest BCUT2D eigenvalue weighted by molar-refractivity contribution is -0.122. The van der Waals surface area contributed by atoms with Crippen LogP contribution in [0.3, 0.4) is 0 Å². The third-order valence-corrected chi connectivity index (χ3v) is 5.15. The summed E-state index contributed by atoms with van der Waals surface area (Å²) in [4.78, 5) is 30.6. The number of anilines is 2. The number of carbonyl (C=O) groups is 2. The van der Waals surface area contributed by atoms with Crippen molar-refractivity contribution < 1.29 is 14.0 Å². The first-order valence-electron chi connectivity index (χ1n) is 8.75. The van der Waals surface area contributed by atoms with Crippen LogP contribution in [0, 0.1) is 11.7 Å². The summed E-state index contributed by atoms with van der Waals surface area (Å²) in [5.74, 6) is -0.562. The molecule has 1 N–H and O–H groups in total. The van der Waals surface area contributed by atoms with Gasteiger partial charge in [0, 0.05) is 24.1 Å². The molecule has 0 saturated heterocycles. The Balaban J connectivity index is 1.64. The van der Waals surface area contributed by atoms with Crippen LogP contribution in [0.4, 0.5) is 15.8 Å². The van der Waals surface area contributed by atoms with Crippen molar-refractivity contribution in [2.24, 2.45) is 5.92 Å². The van der Waals surface area contributed by atoms with E-state index in [1.165, 1.54) is 12.3 Å². The van der Waals surface area contributed by atoms with Crippen LogP contribution in [0.1, 0.15) is 42.6 Å². The fourth-order valence-electron chi connectivity index (χ4n) is 3.42. The second kappa shape index (κ2) is 5.90. The Kier molecular flexibility index (Phi) is 3.79. The van der Waals surface area contributed by atoms with E-state index in [2.05, 4.69) is 10.3 Å². The number of hydrogen-bond acceptors (Lipinski definition) is 3. The molecule has 2 heterocycles. The molecular weight excluding hydrogens is 333 g/mol. The van der Waals surface area contributed by atoms with E-state index < -0.39 is 17.1 Å². The molecule has 0 spiro atoms. The predicted molar refractivity (Wildman–Crippen MR) is 96.7 cm³/mol. The van der Waals surface area contributed by atoms with Gasteiger partial charge < -0.3 is 10.2 Å². The zero-order valence-electron chi connectivity index (χ0n) is 14.8. The van der Waals surface area contributed by atoms with Gasteiger partial charge in [-0.3, -0.25) is 14.6 Å². The molecule has 6 heteroatoms. The third-order valence-electron chi connectivity index (χ3n) is 5.15. The normalized spacial score (nSPS) is 18.0. The van der Waals surface area contributed by atoms with Crippen LogP contribution >= 0.6 is 0 Å². The lowest BCUT2D eigenvalue weighted by Gasteiger charge is -2.20. The number of pyridine rings is 1. The molecule has 1 aliphatic carbocycles. The van der Waals surface area contributed by atoms with Gasteiger partial charge in [-0.25, -0.2) is 4.39 Å². The molecule has 4 rings (SSSR count). The Labute approximate surface area is 151 Å². The van der Waals surface area contributed by atoms with Crippen molar-refractivity contribution >= 4 is 23.2 Å². The summed E-state index contributed by atoms with van der Waals surface area (Å²) in [7, 11) is 0. The summed E-state index contributed by atoms with van der Waals surface area (Å²) in [5, 5.41) is 2.72. The molecule has 1 aromatic heterocycles. The molecule has 134 valence electrons. The summed E-state index contributed by atoms with van der Waals surface area (Å²) in [6.07, 6.45) is 4.68. The highest BCUT2D eigenvalue weighted by Gasteiger charge is 2.45. The molecule has 0 atom stereocenters. The quantitative estimate of drug-likeness (QED) is 0.915. The Hall–Kier alpha value is -2.76. The van der Waals surface area contributed by atoms with Crippen LogP contribution in [0.15, 0.2) is 36.7 Å². The minimum absolute atomic E-state index is 0.0632. The zero-order chi connectivity index (χ0) is 18.5. The third kappa shape index (κ3) is 2.75. The van der Waals surface area contributed by atoms with Crippen molar-refractivity contribution in [2.75, 3.05) is 16.8 Å². The zero-order valence-corrected chi connectivity index (χ0v) is 14.8. The maximum absolute atomic E-state index is 13.8. The molecule has 0 unspecified atom stereocenters. The summed E-state index contributed by atoms with van der Waals surface area (Å²) >= 11 is 0. The number of hydrogen-bond donors (Lipinski definition) is 1. The Morgan fingerprint density at radius 3 is 2.81 bits per heavy atom. The van der Waals surface area contributed by atoms with E-state index in [-0.39, 0.29) is 11.5 Å². The molecule has 2 aliphatic rings. The largest absolute Gasteiger partial charge is 0.322 e. The molecular formula is C20H20FN3O2. The van der Waals surface area contributed by atoms with E-state index in [1.54, 1.807) is 12.1 Å². The summed E-state index contributed by atoms with van der Waals surface area (Å²) in [5.41, 5.74) is 1.68. The number of aromatic nitrogens is 1. The minimum Gasteiger partial charge on any atom is -0.322 e. The van der Waals surface area contributed by atoms with E-state index >= 15 is 0 Å². The standard InChI is InChI=1S/C20H20FN3O2/c1-20(2)15-6-5-13(23-18(25)14-7-8-22-10-16(14)21)9-17(15)24(19(20)26)11-12-3-4-12/h5-10,12H,3-4,11H2,1-2H3,(H,23,25). The number of halogens is 1. The molecule has 1 aliphatic heterocycles. The van der Waals surface area contributed by atoms with E-state index in [1.807, 2.05) is 24.8 Å². The number of fused-ring (bicyclic) bond motifs is 1. The lowest BCUT2D eigenvalue weighted by atomic mass is 9.86. The number of nitrogens with zero attached hydrogens (tertiary/aromatic N) is 2. The molecule has 1 fully saturated rings. The SMILES string of the molecule is CC1(C)C(=O)N(CC2CC2)c2cc(NC(=O)c3ccncc3F)ccc21. The maximum Gasteiger partial charge on any atom is 0.258 e. The first-order chi connectivity index (χ1) is 12.4. The molecule has 1 aromatic carbocycles.